The maximum atomic E-state index is 4.63. The van der Waals surface area contributed by atoms with E-state index in [0.29, 0.717) is 12.1 Å². The van der Waals surface area contributed by atoms with Crippen LogP contribution in [0, 0.1) is 5.41 Å². The first kappa shape index (κ1) is 12.3. The third-order valence-corrected chi connectivity index (χ3v) is 3.28. The molecule has 0 fully saturated rings. The minimum Gasteiger partial charge on any atom is -0.359 e. The number of amidine groups is 1. The van der Waals surface area contributed by atoms with Crippen molar-refractivity contribution in [2.75, 3.05) is 14.1 Å². The van der Waals surface area contributed by atoms with Crippen molar-refractivity contribution in [1.82, 2.24) is 9.91 Å². The van der Waals surface area contributed by atoms with Gasteiger partial charge in [0.1, 0.15) is 5.84 Å². The van der Waals surface area contributed by atoms with Crippen molar-refractivity contribution in [2.45, 2.75) is 53.1 Å². The number of rotatable bonds is 1. The van der Waals surface area contributed by atoms with E-state index in [0.717, 1.165) is 6.42 Å². The molecular weight excluding hydrogens is 186 g/mol. The van der Waals surface area contributed by atoms with Crippen LogP contribution >= 0.6 is 0 Å². The fourth-order valence-corrected chi connectivity index (χ4v) is 1.98. The van der Waals surface area contributed by atoms with Crippen LogP contribution in [0.3, 0.4) is 0 Å². The van der Waals surface area contributed by atoms with Crippen molar-refractivity contribution in [1.29, 1.82) is 0 Å². The average molecular weight is 211 g/mol. The molecule has 0 amide bonds. The van der Waals surface area contributed by atoms with Crippen LogP contribution in [0.5, 0.6) is 0 Å². The van der Waals surface area contributed by atoms with Gasteiger partial charge in [-0.25, -0.2) is 0 Å². The zero-order valence-corrected chi connectivity index (χ0v) is 11.2. The van der Waals surface area contributed by atoms with Crippen molar-refractivity contribution in [3.8, 4) is 0 Å². The highest BCUT2D eigenvalue weighted by molar-refractivity contribution is 5.84. The maximum Gasteiger partial charge on any atom is 0.127 e. The van der Waals surface area contributed by atoms with Gasteiger partial charge in [0.15, 0.2) is 0 Å². The van der Waals surface area contributed by atoms with Crippen LogP contribution in [-0.2, 0) is 0 Å². The van der Waals surface area contributed by atoms with E-state index in [1.165, 1.54) is 5.84 Å². The van der Waals surface area contributed by atoms with Gasteiger partial charge in [-0.05, 0) is 19.3 Å². The summed E-state index contributed by atoms with van der Waals surface area (Å²) in [5, 5.41) is 6.75. The first-order chi connectivity index (χ1) is 6.73. The molecule has 3 heteroatoms. The molecule has 0 aromatic heterocycles. The SMILES string of the molecule is CC(C)N(C)C1=NN(C)C(C(C)(C)C)C1. The van der Waals surface area contributed by atoms with Crippen LogP contribution in [0.1, 0.15) is 41.0 Å². The first-order valence-corrected chi connectivity index (χ1v) is 5.76. The Morgan fingerprint density at radius 2 is 1.93 bits per heavy atom. The van der Waals surface area contributed by atoms with Crippen LogP contribution < -0.4 is 0 Å². The summed E-state index contributed by atoms with van der Waals surface area (Å²) < 4.78 is 0. The minimum atomic E-state index is 0.290. The van der Waals surface area contributed by atoms with Gasteiger partial charge in [-0.2, -0.15) is 5.10 Å². The Morgan fingerprint density at radius 3 is 2.27 bits per heavy atom. The lowest BCUT2D eigenvalue weighted by Crippen LogP contribution is -2.37. The van der Waals surface area contributed by atoms with Crippen molar-refractivity contribution in [2.24, 2.45) is 10.5 Å². The largest absolute Gasteiger partial charge is 0.359 e. The molecule has 0 aliphatic carbocycles. The molecule has 3 nitrogen and oxygen atoms in total. The van der Waals surface area contributed by atoms with E-state index in [-0.39, 0.29) is 5.41 Å². The summed E-state index contributed by atoms with van der Waals surface area (Å²) in [6.07, 6.45) is 1.06. The second-order valence-corrected chi connectivity index (χ2v) is 5.88. The Balaban J connectivity index is 2.72. The molecule has 0 radical (unpaired) electrons. The number of hydrogen-bond donors (Lipinski definition) is 0. The maximum absolute atomic E-state index is 4.63. The van der Waals surface area contributed by atoms with Crippen LogP contribution in [0.25, 0.3) is 0 Å². The molecule has 0 saturated carbocycles. The normalized spacial score (nSPS) is 22.3. The second kappa shape index (κ2) is 4.03. The van der Waals surface area contributed by atoms with E-state index < -0.39 is 0 Å². The molecule has 1 aliphatic rings. The van der Waals surface area contributed by atoms with E-state index in [1.807, 2.05) is 0 Å². The average Bonchev–Trinajstić information content (AvgIpc) is 2.44. The number of hydrogen-bond acceptors (Lipinski definition) is 3. The van der Waals surface area contributed by atoms with Crippen LogP contribution in [-0.4, -0.2) is 41.9 Å². The van der Waals surface area contributed by atoms with Gasteiger partial charge in [0.2, 0.25) is 0 Å². The molecule has 0 N–H and O–H groups in total. The predicted octanol–water partition coefficient (Wildman–Crippen LogP) is 2.39. The molecule has 0 aromatic rings. The highest BCUT2D eigenvalue weighted by Crippen LogP contribution is 2.31. The third-order valence-electron chi connectivity index (χ3n) is 3.28. The fraction of sp³-hybridized carbons (Fsp3) is 0.917. The van der Waals surface area contributed by atoms with Gasteiger partial charge in [0.25, 0.3) is 0 Å². The number of nitrogens with zero attached hydrogens (tertiary/aromatic N) is 3. The van der Waals surface area contributed by atoms with Crippen LogP contribution in [0.4, 0.5) is 0 Å². The first-order valence-electron chi connectivity index (χ1n) is 5.76. The smallest absolute Gasteiger partial charge is 0.127 e. The zero-order valence-electron chi connectivity index (χ0n) is 11.2. The van der Waals surface area contributed by atoms with Gasteiger partial charge in [0.05, 0.1) is 6.04 Å². The Labute approximate surface area is 94.1 Å². The van der Waals surface area contributed by atoms with Crippen molar-refractivity contribution in [3.63, 3.8) is 0 Å². The van der Waals surface area contributed by atoms with Gasteiger partial charge in [0, 0.05) is 26.6 Å². The van der Waals surface area contributed by atoms with Crippen molar-refractivity contribution in [3.05, 3.63) is 0 Å². The summed E-state index contributed by atoms with van der Waals surface area (Å²) in [5.41, 5.74) is 0.290. The fourth-order valence-electron chi connectivity index (χ4n) is 1.98. The lowest BCUT2D eigenvalue weighted by molar-refractivity contribution is 0.153. The molecule has 0 bridgehead atoms. The summed E-state index contributed by atoms with van der Waals surface area (Å²) in [4.78, 5) is 2.27. The van der Waals surface area contributed by atoms with E-state index in [1.54, 1.807) is 0 Å². The van der Waals surface area contributed by atoms with E-state index >= 15 is 0 Å². The van der Waals surface area contributed by atoms with Crippen LogP contribution in [0.15, 0.2) is 5.10 Å². The molecule has 0 aromatic carbocycles. The molecule has 15 heavy (non-hydrogen) atoms. The predicted molar refractivity (Wildman–Crippen MR) is 66.0 cm³/mol. The van der Waals surface area contributed by atoms with Crippen LogP contribution in [0.2, 0.25) is 0 Å². The molecule has 1 heterocycles. The molecule has 1 unspecified atom stereocenters. The Hall–Kier alpha value is -0.730. The number of hydrazone groups is 1. The Morgan fingerprint density at radius 1 is 1.40 bits per heavy atom. The third kappa shape index (κ3) is 2.64. The Bertz CT molecular complexity index is 250. The zero-order chi connectivity index (χ0) is 11.8. The van der Waals surface area contributed by atoms with Crippen molar-refractivity contribution >= 4 is 5.84 Å². The quantitative estimate of drug-likeness (QED) is 0.663. The van der Waals surface area contributed by atoms with E-state index in [9.17, 15) is 0 Å². The summed E-state index contributed by atoms with van der Waals surface area (Å²) in [7, 11) is 4.21. The van der Waals surface area contributed by atoms with Gasteiger partial charge < -0.3 is 4.90 Å². The minimum absolute atomic E-state index is 0.290. The monoisotopic (exact) mass is 211 g/mol. The molecule has 88 valence electrons. The second-order valence-electron chi connectivity index (χ2n) is 5.88. The van der Waals surface area contributed by atoms with Gasteiger partial charge in [-0.1, -0.05) is 20.8 Å². The van der Waals surface area contributed by atoms with Gasteiger partial charge >= 0.3 is 0 Å². The lowest BCUT2D eigenvalue weighted by Gasteiger charge is -2.32. The molecule has 1 aliphatic heterocycles. The van der Waals surface area contributed by atoms with Gasteiger partial charge in [-0.15, -0.1) is 0 Å². The summed E-state index contributed by atoms with van der Waals surface area (Å²) in [6.45, 7) is 11.2. The molecule has 0 saturated heterocycles. The summed E-state index contributed by atoms with van der Waals surface area (Å²) in [5.74, 6) is 1.22. The molecule has 1 atom stereocenters. The molecular formula is C12H25N3. The van der Waals surface area contributed by atoms with E-state index in [2.05, 4.69) is 63.7 Å². The highest BCUT2D eigenvalue weighted by Gasteiger charge is 2.35. The van der Waals surface area contributed by atoms with Gasteiger partial charge in [-0.3, -0.25) is 5.01 Å². The topological polar surface area (TPSA) is 18.8 Å². The summed E-state index contributed by atoms with van der Waals surface area (Å²) >= 11 is 0. The van der Waals surface area contributed by atoms with Crippen molar-refractivity contribution < 1.29 is 0 Å². The summed E-state index contributed by atoms with van der Waals surface area (Å²) in [6, 6.07) is 1.05. The molecule has 1 rings (SSSR count). The Kier molecular flexibility index (Phi) is 3.31. The lowest BCUT2D eigenvalue weighted by atomic mass is 9.85. The van der Waals surface area contributed by atoms with E-state index in [4.69, 9.17) is 0 Å². The highest BCUT2D eigenvalue weighted by atomic mass is 15.5. The molecule has 0 spiro atoms. The standard InChI is InChI=1S/C12H25N3/c1-9(2)14(6)11-8-10(12(3,4)5)15(7)13-11/h9-10H,8H2,1-7H3.